The standard InChI is InChI=1S/C15H22N4O/c1-11(20)10-16-15-12-6-4-5-7-13(12)17-14(18-15)8-9-19(2)3/h4-7,11,20H,8-10H2,1-3H3,(H,16,17,18). The number of hydrogen-bond donors (Lipinski definition) is 2. The van der Waals surface area contributed by atoms with E-state index in [0.717, 1.165) is 35.5 Å². The molecule has 0 saturated carbocycles. The zero-order valence-corrected chi connectivity index (χ0v) is 12.3. The smallest absolute Gasteiger partial charge is 0.137 e. The molecule has 1 unspecified atom stereocenters. The van der Waals surface area contributed by atoms with E-state index in [-0.39, 0.29) is 0 Å². The summed E-state index contributed by atoms with van der Waals surface area (Å²) in [4.78, 5) is 11.3. The third-order valence-electron chi connectivity index (χ3n) is 3.00. The molecule has 5 heteroatoms. The SMILES string of the molecule is CC(O)CNc1nc(CCN(C)C)nc2ccccc12. The number of rotatable bonds is 6. The van der Waals surface area contributed by atoms with Crippen molar-refractivity contribution in [1.82, 2.24) is 14.9 Å². The fourth-order valence-corrected chi connectivity index (χ4v) is 1.94. The number of hydrogen-bond acceptors (Lipinski definition) is 5. The highest BCUT2D eigenvalue weighted by Crippen LogP contribution is 2.20. The van der Waals surface area contributed by atoms with E-state index in [9.17, 15) is 5.11 Å². The Bertz CT molecular complexity index is 569. The molecule has 0 spiro atoms. The van der Waals surface area contributed by atoms with Crippen molar-refractivity contribution < 1.29 is 5.11 Å². The van der Waals surface area contributed by atoms with E-state index in [1.165, 1.54) is 0 Å². The van der Waals surface area contributed by atoms with Crippen LogP contribution in [0.3, 0.4) is 0 Å². The second-order valence-corrected chi connectivity index (χ2v) is 5.29. The van der Waals surface area contributed by atoms with Crippen LogP contribution in [0.25, 0.3) is 10.9 Å². The van der Waals surface area contributed by atoms with E-state index < -0.39 is 6.10 Å². The number of fused-ring (bicyclic) bond motifs is 1. The first-order valence-corrected chi connectivity index (χ1v) is 6.88. The second kappa shape index (κ2) is 6.63. The molecule has 0 saturated heterocycles. The minimum Gasteiger partial charge on any atom is -0.392 e. The van der Waals surface area contributed by atoms with Crippen LogP contribution in [0.4, 0.5) is 5.82 Å². The molecule has 0 aliphatic rings. The number of likely N-dealkylation sites (N-methyl/N-ethyl adjacent to an activating group) is 1. The Hall–Kier alpha value is -1.72. The molecule has 108 valence electrons. The van der Waals surface area contributed by atoms with Gasteiger partial charge in [-0.05, 0) is 33.2 Å². The number of aliphatic hydroxyl groups excluding tert-OH is 1. The summed E-state index contributed by atoms with van der Waals surface area (Å²) in [5.74, 6) is 1.62. The molecule has 2 N–H and O–H groups in total. The van der Waals surface area contributed by atoms with Gasteiger partial charge < -0.3 is 15.3 Å². The molecule has 2 aromatic rings. The van der Waals surface area contributed by atoms with Crippen molar-refractivity contribution in [2.45, 2.75) is 19.4 Å². The van der Waals surface area contributed by atoms with E-state index >= 15 is 0 Å². The van der Waals surface area contributed by atoms with Gasteiger partial charge in [-0.2, -0.15) is 0 Å². The average molecular weight is 274 g/mol. The van der Waals surface area contributed by atoms with Gasteiger partial charge in [-0.3, -0.25) is 0 Å². The molecule has 1 aromatic heterocycles. The van der Waals surface area contributed by atoms with Crippen molar-refractivity contribution in [1.29, 1.82) is 0 Å². The van der Waals surface area contributed by atoms with Gasteiger partial charge in [0.2, 0.25) is 0 Å². The lowest BCUT2D eigenvalue weighted by molar-refractivity contribution is 0.208. The molecule has 0 bridgehead atoms. The Morgan fingerprint density at radius 1 is 1.25 bits per heavy atom. The molecular formula is C15H22N4O. The number of para-hydroxylation sites is 1. The van der Waals surface area contributed by atoms with Gasteiger partial charge >= 0.3 is 0 Å². The van der Waals surface area contributed by atoms with Gasteiger partial charge in [0.05, 0.1) is 11.6 Å². The minimum absolute atomic E-state index is 0.408. The van der Waals surface area contributed by atoms with E-state index in [2.05, 4.69) is 20.2 Å². The van der Waals surface area contributed by atoms with Crippen LogP contribution >= 0.6 is 0 Å². The number of anilines is 1. The van der Waals surface area contributed by atoms with Gasteiger partial charge in [0.25, 0.3) is 0 Å². The zero-order chi connectivity index (χ0) is 14.5. The first-order valence-electron chi connectivity index (χ1n) is 6.88. The van der Waals surface area contributed by atoms with Crippen LogP contribution in [0.1, 0.15) is 12.7 Å². The molecule has 1 aromatic carbocycles. The monoisotopic (exact) mass is 274 g/mol. The highest BCUT2D eigenvalue weighted by molar-refractivity contribution is 5.88. The van der Waals surface area contributed by atoms with Crippen LogP contribution in [0.2, 0.25) is 0 Å². The number of nitrogens with one attached hydrogen (secondary N) is 1. The highest BCUT2D eigenvalue weighted by Gasteiger charge is 2.08. The summed E-state index contributed by atoms with van der Waals surface area (Å²) >= 11 is 0. The molecule has 1 atom stereocenters. The third-order valence-corrected chi connectivity index (χ3v) is 3.00. The third kappa shape index (κ3) is 3.88. The topological polar surface area (TPSA) is 61.3 Å². The molecule has 0 amide bonds. The van der Waals surface area contributed by atoms with Crippen LogP contribution in [0.15, 0.2) is 24.3 Å². The largest absolute Gasteiger partial charge is 0.392 e. The summed E-state index contributed by atoms with van der Waals surface area (Å²) in [5, 5.41) is 13.6. The second-order valence-electron chi connectivity index (χ2n) is 5.29. The summed E-state index contributed by atoms with van der Waals surface area (Å²) in [6, 6.07) is 7.93. The Kier molecular flexibility index (Phi) is 4.87. The van der Waals surface area contributed by atoms with Crippen LogP contribution in [0.5, 0.6) is 0 Å². The van der Waals surface area contributed by atoms with Gasteiger partial charge in [-0.25, -0.2) is 9.97 Å². The maximum Gasteiger partial charge on any atom is 0.137 e. The fraction of sp³-hybridized carbons (Fsp3) is 0.467. The number of aliphatic hydroxyl groups is 1. The van der Waals surface area contributed by atoms with Gasteiger partial charge in [0.15, 0.2) is 0 Å². The van der Waals surface area contributed by atoms with Crippen molar-refractivity contribution in [3.63, 3.8) is 0 Å². The van der Waals surface area contributed by atoms with Crippen molar-refractivity contribution in [3.05, 3.63) is 30.1 Å². The van der Waals surface area contributed by atoms with Gasteiger partial charge in [-0.1, -0.05) is 12.1 Å². The summed E-state index contributed by atoms with van der Waals surface area (Å²) in [6.07, 6.45) is 0.398. The predicted molar refractivity (Wildman–Crippen MR) is 82.0 cm³/mol. The first-order chi connectivity index (χ1) is 9.56. The number of benzene rings is 1. The molecule has 0 aliphatic heterocycles. The van der Waals surface area contributed by atoms with Gasteiger partial charge in [0.1, 0.15) is 11.6 Å². The quantitative estimate of drug-likeness (QED) is 0.836. The predicted octanol–water partition coefficient (Wildman–Crippen LogP) is 1.53. The summed E-state index contributed by atoms with van der Waals surface area (Å²) in [7, 11) is 4.07. The molecule has 0 radical (unpaired) electrons. The van der Waals surface area contributed by atoms with Crippen molar-refractivity contribution >= 4 is 16.7 Å². The van der Waals surface area contributed by atoms with Crippen LogP contribution < -0.4 is 5.32 Å². The fourth-order valence-electron chi connectivity index (χ4n) is 1.94. The van der Waals surface area contributed by atoms with Gasteiger partial charge in [0, 0.05) is 24.9 Å². The summed E-state index contributed by atoms with van der Waals surface area (Å²) in [5.41, 5.74) is 0.935. The molecule has 5 nitrogen and oxygen atoms in total. The highest BCUT2D eigenvalue weighted by atomic mass is 16.3. The summed E-state index contributed by atoms with van der Waals surface area (Å²) < 4.78 is 0. The van der Waals surface area contributed by atoms with Crippen LogP contribution in [-0.2, 0) is 6.42 Å². The van der Waals surface area contributed by atoms with E-state index in [1.54, 1.807) is 6.92 Å². The molecule has 20 heavy (non-hydrogen) atoms. The van der Waals surface area contributed by atoms with Crippen molar-refractivity contribution in [2.75, 3.05) is 32.5 Å². The van der Waals surface area contributed by atoms with E-state index in [0.29, 0.717) is 6.54 Å². The zero-order valence-electron chi connectivity index (χ0n) is 12.3. The Morgan fingerprint density at radius 3 is 2.70 bits per heavy atom. The Balaban J connectivity index is 2.31. The lowest BCUT2D eigenvalue weighted by Crippen LogP contribution is -2.19. The minimum atomic E-state index is -0.408. The number of nitrogens with zero attached hydrogens (tertiary/aromatic N) is 3. The lowest BCUT2D eigenvalue weighted by atomic mass is 10.2. The number of aromatic nitrogens is 2. The van der Waals surface area contributed by atoms with Gasteiger partial charge in [-0.15, -0.1) is 0 Å². The Labute approximate surface area is 119 Å². The van der Waals surface area contributed by atoms with Crippen LogP contribution in [0, 0.1) is 0 Å². The lowest BCUT2D eigenvalue weighted by Gasteiger charge is -2.13. The van der Waals surface area contributed by atoms with Crippen LogP contribution in [-0.4, -0.2) is 53.3 Å². The van der Waals surface area contributed by atoms with E-state index in [1.807, 2.05) is 38.4 Å². The molecule has 0 fully saturated rings. The first kappa shape index (κ1) is 14.7. The molecule has 0 aliphatic carbocycles. The summed E-state index contributed by atoms with van der Waals surface area (Å²) in [6.45, 7) is 3.14. The maximum absolute atomic E-state index is 9.42. The van der Waals surface area contributed by atoms with Crippen molar-refractivity contribution in [3.8, 4) is 0 Å². The Morgan fingerprint density at radius 2 is 2.00 bits per heavy atom. The van der Waals surface area contributed by atoms with Crippen molar-refractivity contribution in [2.24, 2.45) is 0 Å². The molecule has 2 rings (SSSR count). The molecule has 1 heterocycles. The average Bonchev–Trinajstić information content (AvgIpc) is 2.42. The van der Waals surface area contributed by atoms with E-state index in [4.69, 9.17) is 0 Å². The normalized spacial score (nSPS) is 12.8. The molecular weight excluding hydrogens is 252 g/mol. The maximum atomic E-state index is 9.42.